The summed E-state index contributed by atoms with van der Waals surface area (Å²) in [4.78, 5) is 62.8. The molecule has 2 rings (SSSR count). The highest BCUT2D eigenvalue weighted by atomic mass is 35.5. The Morgan fingerprint density at radius 1 is 0.556 bits per heavy atom. The maximum atomic E-state index is 12.5. The number of nitrogens with one attached hydrogen (secondary N) is 4. The van der Waals surface area contributed by atoms with E-state index in [1.807, 2.05) is 68.5 Å². The Morgan fingerprint density at radius 3 is 1.02 bits per heavy atom. The number of esters is 4. The van der Waals surface area contributed by atoms with Crippen LogP contribution in [0.25, 0.3) is 0 Å². The fourth-order valence-corrected chi connectivity index (χ4v) is 4.62. The lowest BCUT2D eigenvalue weighted by Crippen LogP contribution is -3.06. The number of likely N-dealkylation sites (N-methyl/N-ethyl adjacent to an activating group) is 4. The molecule has 2 aromatic rings. The van der Waals surface area contributed by atoms with Crippen LogP contribution in [0, 0.1) is 11.8 Å². The summed E-state index contributed by atoms with van der Waals surface area (Å²) in [6, 6.07) is 10.6. The molecular formula is C38H62Cl2N4O10+4. The maximum absolute atomic E-state index is 12.5. The van der Waals surface area contributed by atoms with E-state index in [0.29, 0.717) is 12.8 Å². The summed E-state index contributed by atoms with van der Waals surface area (Å²) >= 11 is 9.53. The van der Waals surface area contributed by atoms with Crippen molar-refractivity contribution in [2.75, 3.05) is 87.9 Å². The summed E-state index contributed by atoms with van der Waals surface area (Å²) in [5, 5.41) is 7.92. The van der Waals surface area contributed by atoms with E-state index in [1.54, 1.807) is 31.2 Å². The Morgan fingerprint density at radius 2 is 0.796 bits per heavy atom. The van der Waals surface area contributed by atoms with Gasteiger partial charge in [-0.05, 0) is 60.1 Å². The second kappa shape index (κ2) is 26.9. The van der Waals surface area contributed by atoms with Gasteiger partial charge in [0.15, 0.2) is 49.2 Å². The molecule has 14 nitrogen and oxygen atoms in total. The molecule has 0 saturated carbocycles. The molecule has 0 spiro atoms. The minimum Gasteiger partial charge on any atom is -0.481 e. The number of quaternary nitrogens is 4. The number of halogens is 2. The van der Waals surface area contributed by atoms with Crippen molar-refractivity contribution in [1.29, 1.82) is 0 Å². The van der Waals surface area contributed by atoms with Crippen molar-refractivity contribution in [1.82, 2.24) is 0 Å². The first-order valence-electron chi connectivity index (χ1n) is 17.8. The van der Waals surface area contributed by atoms with E-state index in [4.69, 9.17) is 47.3 Å². The van der Waals surface area contributed by atoms with E-state index in [2.05, 4.69) is 13.8 Å². The minimum absolute atomic E-state index is 0.162. The lowest BCUT2D eigenvalue weighted by atomic mass is 9.85. The van der Waals surface area contributed by atoms with Gasteiger partial charge >= 0.3 is 29.8 Å². The van der Waals surface area contributed by atoms with Crippen LogP contribution in [-0.4, -0.2) is 123 Å². The molecule has 0 unspecified atom stereocenters. The van der Waals surface area contributed by atoms with Crippen LogP contribution < -0.4 is 38.5 Å². The first kappa shape index (κ1) is 50.2. The van der Waals surface area contributed by atoms with Crippen molar-refractivity contribution >= 4 is 53.0 Å². The third-order valence-corrected chi connectivity index (χ3v) is 7.29. The molecule has 54 heavy (non-hydrogen) atoms. The average molecular weight is 806 g/mol. The molecule has 0 heterocycles. The van der Waals surface area contributed by atoms with Crippen molar-refractivity contribution < 1.29 is 67.6 Å². The predicted octanol–water partition coefficient (Wildman–Crippen LogP) is -1.15. The van der Waals surface area contributed by atoms with Crippen molar-refractivity contribution in [3.05, 3.63) is 47.5 Å². The zero-order chi connectivity index (χ0) is 41.5. The lowest BCUT2D eigenvalue weighted by molar-refractivity contribution is -0.850. The summed E-state index contributed by atoms with van der Waals surface area (Å²) < 4.78 is 22.4. The van der Waals surface area contributed by atoms with Crippen LogP contribution in [0.15, 0.2) is 36.4 Å². The fraction of sp³-hybridized carbons (Fsp3) is 0.553. The normalized spacial score (nSPS) is 11.9. The third-order valence-electron chi connectivity index (χ3n) is 7.29. The topological polar surface area (TPSA) is 160 Å². The van der Waals surface area contributed by atoms with Gasteiger partial charge in [0, 0.05) is 6.42 Å². The quantitative estimate of drug-likeness (QED) is 0.0708. The Balaban J connectivity index is 0.00000318. The largest absolute Gasteiger partial charge is 0.481 e. The lowest BCUT2D eigenvalue weighted by Gasteiger charge is -2.21. The highest BCUT2D eigenvalue weighted by molar-refractivity contribution is 6.40. The van der Waals surface area contributed by atoms with Gasteiger partial charge in [-0.15, -0.1) is 23.2 Å². The second-order valence-corrected chi connectivity index (χ2v) is 15.0. The number of alkyl halides is 2. The number of carbonyl (C=O) groups is 5. The van der Waals surface area contributed by atoms with Gasteiger partial charge in [-0.25, -0.2) is 19.2 Å². The van der Waals surface area contributed by atoms with Crippen LogP contribution in [0.1, 0.15) is 38.3 Å². The second-order valence-electron chi connectivity index (χ2n) is 14.2. The molecule has 0 fully saturated rings. The van der Waals surface area contributed by atoms with Crippen LogP contribution >= 0.6 is 23.2 Å². The van der Waals surface area contributed by atoms with Crippen LogP contribution in [-0.2, 0) is 36.8 Å². The number of rotatable bonds is 18. The molecule has 0 radical (unpaired) electrons. The Labute approximate surface area is 330 Å². The number of ether oxygens (including phenoxy) is 4. The summed E-state index contributed by atoms with van der Waals surface area (Å²) in [6.45, 7) is 6.54. The fourth-order valence-electron chi connectivity index (χ4n) is 4.62. The summed E-state index contributed by atoms with van der Waals surface area (Å²) in [6.07, 6.45) is 1.58. The van der Waals surface area contributed by atoms with Crippen molar-refractivity contribution in [3.8, 4) is 23.0 Å². The molecule has 2 aromatic carbocycles. The monoisotopic (exact) mass is 804 g/mol. The van der Waals surface area contributed by atoms with Gasteiger partial charge in [0.05, 0.1) is 61.7 Å². The number of carbonyl (C=O) groups excluding carboxylic acids is 4. The molecule has 16 heteroatoms. The highest BCUT2D eigenvalue weighted by Gasteiger charge is 2.22. The van der Waals surface area contributed by atoms with E-state index < -0.39 is 29.8 Å². The molecule has 304 valence electrons. The Kier molecular flexibility index (Phi) is 25.0. The number of aliphatic carboxylic acids is 1. The average Bonchev–Trinajstić information content (AvgIpc) is 3.02. The van der Waals surface area contributed by atoms with Gasteiger partial charge in [-0.3, -0.25) is 4.79 Å². The number of hydrogen-bond donors (Lipinski definition) is 5. The molecule has 2 atom stereocenters. The zero-order valence-corrected chi connectivity index (χ0v) is 35.2. The molecule has 0 aromatic heterocycles. The van der Waals surface area contributed by atoms with E-state index in [1.165, 1.54) is 0 Å². The molecular weight excluding hydrogens is 743 g/mol. The smallest absolute Gasteiger partial charge is 0.367 e. The van der Waals surface area contributed by atoms with Crippen LogP contribution in [0.2, 0.25) is 0 Å². The van der Waals surface area contributed by atoms with Gasteiger partial charge in [-0.1, -0.05) is 32.9 Å². The molecule has 0 bridgehead atoms. The molecule has 0 aliphatic heterocycles. The molecule has 0 aliphatic carbocycles. The Hall–Kier alpha value is -3.79. The summed E-state index contributed by atoms with van der Waals surface area (Å²) in [5.41, 5.74) is 1.87. The number of carboxylic acid groups (broad SMARTS) is 1. The summed E-state index contributed by atoms with van der Waals surface area (Å²) in [5.74, 6) is -1.17. The van der Waals surface area contributed by atoms with Crippen molar-refractivity contribution in [3.63, 3.8) is 0 Å². The van der Waals surface area contributed by atoms with Crippen molar-refractivity contribution in [2.24, 2.45) is 11.8 Å². The van der Waals surface area contributed by atoms with Crippen LogP contribution in [0.4, 0.5) is 0 Å². The zero-order valence-electron chi connectivity index (χ0n) is 33.7. The van der Waals surface area contributed by atoms with Gasteiger partial charge < -0.3 is 43.7 Å². The molecule has 5 N–H and O–H groups in total. The van der Waals surface area contributed by atoms with Crippen LogP contribution in [0.5, 0.6) is 23.0 Å². The molecule has 0 amide bonds. The van der Waals surface area contributed by atoms with Crippen LogP contribution in [0.3, 0.4) is 0 Å². The predicted molar refractivity (Wildman–Crippen MR) is 206 cm³/mol. The summed E-state index contributed by atoms with van der Waals surface area (Å²) in [7, 11) is 14.8. The number of hydrogen-bond acceptors (Lipinski definition) is 9. The van der Waals surface area contributed by atoms with Gasteiger partial charge in [0.1, 0.15) is 0 Å². The Bertz CT molecular complexity index is 1390. The van der Waals surface area contributed by atoms with E-state index >= 15 is 0 Å². The van der Waals surface area contributed by atoms with E-state index in [9.17, 15) is 24.0 Å². The van der Waals surface area contributed by atoms with Gasteiger partial charge in [0.2, 0.25) is 0 Å². The maximum Gasteiger partial charge on any atom is 0.367 e. The highest BCUT2D eigenvalue weighted by Crippen LogP contribution is 2.33. The molecule has 0 saturated heterocycles. The SMILES string of the molecule is CCC(=O)O.C[C@H](Cc1ccc(OC(=O)C[NH+](C)C)c(OC(=O)C[NH+](C)C)c1)[C@@H](C)Cc1ccc(OC(=O)C[NH+](C)C)c(OC(=O)C[NH+](C)C)c1.ClCCl. The van der Waals surface area contributed by atoms with E-state index in [-0.39, 0.29) is 72.8 Å². The number of benzene rings is 2. The standard InChI is InChI=1S/C34H50N4O8.C3H6O2.CH2Cl2/c1-23(15-25-11-13-27(43-31(39)19-35(3)4)29(17-25)45-33(41)21-37(7)8)24(2)16-26-12-14-28(44-32(40)20-36(5)6)30(18-26)46-34(42)22-38(9)10;1-2-3(4)5;2-1-3/h11-14,17-18,23-24H,15-16,19-22H2,1-10H3;2H2,1H3,(H,4,5);1H2/p+4/t23-,24+;;. The van der Waals surface area contributed by atoms with E-state index in [0.717, 1.165) is 30.7 Å². The van der Waals surface area contributed by atoms with Gasteiger partial charge in [0.25, 0.3) is 0 Å². The third kappa shape index (κ3) is 23.1. The first-order valence-corrected chi connectivity index (χ1v) is 18.9. The minimum atomic E-state index is -0.745. The van der Waals surface area contributed by atoms with Gasteiger partial charge in [-0.2, -0.15) is 0 Å². The first-order chi connectivity index (χ1) is 25.2. The molecule has 0 aliphatic rings. The van der Waals surface area contributed by atoms with Crippen molar-refractivity contribution in [2.45, 2.75) is 40.0 Å². The number of carboxylic acids is 1.